The molecule has 0 aromatic heterocycles. The van der Waals surface area contributed by atoms with Crippen LogP contribution < -0.4 is 0 Å². The molecule has 0 N–H and O–H groups in total. The average Bonchev–Trinajstić information content (AvgIpc) is 2.45. The minimum absolute atomic E-state index is 0.388. The summed E-state index contributed by atoms with van der Waals surface area (Å²) in [5.74, 6) is -0.702. The molecule has 19 heavy (non-hydrogen) atoms. The number of thiol groups is 1. The van der Waals surface area contributed by atoms with E-state index in [4.69, 9.17) is 4.74 Å². The zero-order valence-corrected chi connectivity index (χ0v) is 11.6. The van der Waals surface area contributed by atoms with Crippen molar-refractivity contribution in [1.29, 1.82) is 0 Å². The van der Waals surface area contributed by atoms with Crippen molar-refractivity contribution in [3.63, 3.8) is 0 Å². The van der Waals surface area contributed by atoms with E-state index < -0.39 is 22.6 Å². The maximum Gasteiger partial charge on any atom is 0.339 e. The standard InChI is InChI=1S/C14H18O4S/c15-14(18-10-19(16)17)13-9-5-4-8-12(13)11-6-2-1-3-7-11/h4-5,8-9,11,19H,1-3,6-7,10H2. The molecule has 104 valence electrons. The van der Waals surface area contributed by atoms with Crippen molar-refractivity contribution in [3.8, 4) is 0 Å². The topological polar surface area (TPSA) is 60.4 Å². The molecule has 1 aromatic carbocycles. The van der Waals surface area contributed by atoms with Crippen molar-refractivity contribution in [2.75, 3.05) is 5.94 Å². The summed E-state index contributed by atoms with van der Waals surface area (Å²) in [6.45, 7) is 0. The van der Waals surface area contributed by atoms with E-state index >= 15 is 0 Å². The van der Waals surface area contributed by atoms with Crippen LogP contribution in [0.2, 0.25) is 0 Å². The number of hydrogen-bond acceptors (Lipinski definition) is 4. The predicted molar refractivity (Wildman–Crippen MR) is 72.9 cm³/mol. The molecule has 0 radical (unpaired) electrons. The van der Waals surface area contributed by atoms with E-state index in [0.29, 0.717) is 11.5 Å². The van der Waals surface area contributed by atoms with Crippen LogP contribution in [0.25, 0.3) is 0 Å². The zero-order chi connectivity index (χ0) is 13.7. The van der Waals surface area contributed by atoms with Crippen LogP contribution >= 0.6 is 0 Å². The Morgan fingerprint density at radius 3 is 2.53 bits per heavy atom. The van der Waals surface area contributed by atoms with Gasteiger partial charge in [0, 0.05) is 0 Å². The third-order valence-electron chi connectivity index (χ3n) is 3.53. The Bertz CT molecular complexity index is 508. The van der Waals surface area contributed by atoms with E-state index in [-0.39, 0.29) is 0 Å². The molecular formula is C14H18O4S. The summed E-state index contributed by atoms with van der Waals surface area (Å²) in [5, 5.41) is 0. The number of carbonyl (C=O) groups excluding carboxylic acids is 1. The Morgan fingerprint density at radius 1 is 1.16 bits per heavy atom. The highest BCUT2D eigenvalue weighted by Crippen LogP contribution is 2.34. The second kappa shape index (κ2) is 6.70. The van der Waals surface area contributed by atoms with Gasteiger partial charge in [0.05, 0.1) is 5.56 Å². The highest BCUT2D eigenvalue weighted by molar-refractivity contribution is 7.72. The van der Waals surface area contributed by atoms with Crippen molar-refractivity contribution < 1.29 is 17.9 Å². The molecule has 0 unspecified atom stereocenters. The summed E-state index contributed by atoms with van der Waals surface area (Å²) in [6, 6.07) is 7.35. The van der Waals surface area contributed by atoms with Gasteiger partial charge in [-0.25, -0.2) is 13.2 Å². The Morgan fingerprint density at radius 2 is 1.84 bits per heavy atom. The van der Waals surface area contributed by atoms with Gasteiger partial charge in [-0.1, -0.05) is 37.5 Å². The van der Waals surface area contributed by atoms with E-state index in [1.165, 1.54) is 19.3 Å². The highest BCUT2D eigenvalue weighted by Gasteiger charge is 2.21. The number of hydrogen-bond donors (Lipinski definition) is 1. The molecule has 0 bridgehead atoms. The summed E-state index contributed by atoms with van der Waals surface area (Å²) in [6.07, 6.45) is 5.78. The Kier molecular flexibility index (Phi) is 4.96. The molecule has 0 atom stereocenters. The smallest absolute Gasteiger partial charge is 0.339 e. The van der Waals surface area contributed by atoms with Crippen molar-refractivity contribution in [3.05, 3.63) is 35.4 Å². The maximum absolute atomic E-state index is 11.9. The lowest BCUT2D eigenvalue weighted by molar-refractivity contribution is 0.0571. The number of ether oxygens (including phenoxy) is 1. The molecule has 1 saturated carbocycles. The van der Waals surface area contributed by atoms with E-state index in [0.717, 1.165) is 18.4 Å². The van der Waals surface area contributed by atoms with Crippen LogP contribution in [0.3, 0.4) is 0 Å². The van der Waals surface area contributed by atoms with E-state index in [1.807, 2.05) is 12.1 Å². The normalized spacial score (nSPS) is 16.5. The second-order valence-corrected chi connectivity index (χ2v) is 5.74. The van der Waals surface area contributed by atoms with Crippen molar-refractivity contribution in [2.24, 2.45) is 0 Å². The number of carbonyl (C=O) groups is 1. The molecule has 1 fully saturated rings. The fourth-order valence-corrected chi connectivity index (χ4v) is 2.86. The molecule has 5 heteroatoms. The van der Waals surface area contributed by atoms with Crippen LogP contribution in [0.4, 0.5) is 0 Å². The predicted octanol–water partition coefficient (Wildman–Crippen LogP) is 2.46. The van der Waals surface area contributed by atoms with Gasteiger partial charge in [-0.05, 0) is 30.4 Å². The quantitative estimate of drug-likeness (QED) is 0.680. The van der Waals surface area contributed by atoms with Crippen LogP contribution in [0, 0.1) is 0 Å². The molecule has 1 aliphatic carbocycles. The summed E-state index contributed by atoms with van der Waals surface area (Å²) in [7, 11) is -2.69. The number of benzene rings is 1. The van der Waals surface area contributed by atoms with Gasteiger partial charge in [0.1, 0.15) is 0 Å². The summed E-state index contributed by atoms with van der Waals surface area (Å²) < 4.78 is 25.7. The van der Waals surface area contributed by atoms with E-state index in [2.05, 4.69) is 0 Å². The van der Waals surface area contributed by atoms with Gasteiger partial charge in [-0.2, -0.15) is 0 Å². The first-order valence-corrected chi connectivity index (χ1v) is 7.92. The summed E-state index contributed by atoms with van der Waals surface area (Å²) in [5.41, 5.74) is 1.50. The molecule has 0 spiro atoms. The van der Waals surface area contributed by atoms with Crippen LogP contribution in [0.15, 0.2) is 24.3 Å². The molecule has 0 aliphatic heterocycles. The lowest BCUT2D eigenvalue weighted by Crippen LogP contribution is -2.13. The van der Waals surface area contributed by atoms with Gasteiger partial charge < -0.3 is 4.74 Å². The van der Waals surface area contributed by atoms with Crippen LogP contribution in [-0.2, 0) is 15.4 Å². The van der Waals surface area contributed by atoms with Gasteiger partial charge in [-0.3, -0.25) is 0 Å². The first kappa shape index (κ1) is 14.1. The monoisotopic (exact) mass is 282 g/mol. The minimum atomic E-state index is -2.69. The van der Waals surface area contributed by atoms with E-state index in [1.54, 1.807) is 12.1 Å². The largest absolute Gasteiger partial charge is 0.446 e. The fourth-order valence-electron chi connectivity index (χ4n) is 2.64. The molecule has 0 heterocycles. The van der Waals surface area contributed by atoms with Gasteiger partial charge in [-0.15, -0.1) is 0 Å². The summed E-state index contributed by atoms with van der Waals surface area (Å²) >= 11 is 0. The molecular weight excluding hydrogens is 264 g/mol. The van der Waals surface area contributed by atoms with Gasteiger partial charge in [0.15, 0.2) is 16.6 Å². The SMILES string of the molecule is O=C(OC[SH](=O)=O)c1ccccc1C1CCCCC1. The van der Waals surface area contributed by atoms with Crippen LogP contribution in [0.5, 0.6) is 0 Å². The molecule has 0 saturated heterocycles. The molecule has 4 nitrogen and oxygen atoms in total. The third kappa shape index (κ3) is 3.80. The minimum Gasteiger partial charge on any atom is -0.446 e. The van der Waals surface area contributed by atoms with Crippen LogP contribution in [0.1, 0.15) is 53.9 Å². The van der Waals surface area contributed by atoms with Gasteiger partial charge >= 0.3 is 5.97 Å². The lowest BCUT2D eigenvalue weighted by atomic mass is 9.82. The number of rotatable bonds is 4. The van der Waals surface area contributed by atoms with Crippen molar-refractivity contribution in [1.82, 2.24) is 0 Å². The van der Waals surface area contributed by atoms with E-state index in [9.17, 15) is 13.2 Å². The second-order valence-electron chi connectivity index (χ2n) is 4.82. The first-order valence-electron chi connectivity index (χ1n) is 6.56. The zero-order valence-electron chi connectivity index (χ0n) is 10.7. The van der Waals surface area contributed by atoms with Gasteiger partial charge in [0.25, 0.3) is 0 Å². The fraction of sp³-hybridized carbons (Fsp3) is 0.500. The van der Waals surface area contributed by atoms with Gasteiger partial charge in [0.2, 0.25) is 0 Å². The maximum atomic E-state index is 11.9. The third-order valence-corrected chi connectivity index (χ3v) is 3.87. The number of esters is 1. The molecule has 0 amide bonds. The first-order chi connectivity index (χ1) is 9.18. The Balaban J connectivity index is 2.17. The lowest BCUT2D eigenvalue weighted by Gasteiger charge is -2.23. The highest BCUT2D eigenvalue weighted by atomic mass is 32.2. The van der Waals surface area contributed by atoms with Crippen LogP contribution in [-0.4, -0.2) is 20.3 Å². The summed E-state index contributed by atoms with van der Waals surface area (Å²) in [4.78, 5) is 11.9. The van der Waals surface area contributed by atoms with Crippen molar-refractivity contribution >= 4 is 16.7 Å². The van der Waals surface area contributed by atoms with Crippen molar-refractivity contribution in [2.45, 2.75) is 38.0 Å². The Labute approximate surface area is 114 Å². The molecule has 1 aliphatic rings. The molecule has 1 aromatic rings. The average molecular weight is 282 g/mol. The molecule has 2 rings (SSSR count). The Hall–Kier alpha value is -1.36.